The van der Waals surface area contributed by atoms with Crippen molar-refractivity contribution in [1.29, 1.82) is 0 Å². The molecule has 0 aliphatic carbocycles. The molecule has 0 spiro atoms. The first-order valence-electron chi connectivity index (χ1n) is 5.55. The first-order valence-corrected chi connectivity index (χ1v) is 5.55. The van der Waals surface area contributed by atoms with E-state index in [-0.39, 0.29) is 6.10 Å². The first kappa shape index (κ1) is 11.0. The van der Waals surface area contributed by atoms with Gasteiger partial charge in [-0.1, -0.05) is 13.8 Å². The molecule has 2 nitrogen and oxygen atoms in total. The minimum atomic E-state index is -0.129. The lowest BCUT2D eigenvalue weighted by Gasteiger charge is -2.37. The van der Waals surface area contributed by atoms with Crippen molar-refractivity contribution in [1.82, 2.24) is 4.90 Å². The van der Waals surface area contributed by atoms with Crippen LogP contribution in [0.3, 0.4) is 0 Å². The van der Waals surface area contributed by atoms with Crippen LogP contribution < -0.4 is 0 Å². The molecule has 78 valence electrons. The van der Waals surface area contributed by atoms with Crippen molar-refractivity contribution < 1.29 is 5.11 Å². The van der Waals surface area contributed by atoms with E-state index in [9.17, 15) is 5.11 Å². The molecule has 0 unspecified atom stereocenters. The van der Waals surface area contributed by atoms with Crippen LogP contribution >= 0.6 is 0 Å². The molecule has 1 aliphatic rings. The van der Waals surface area contributed by atoms with Crippen molar-refractivity contribution in [3.8, 4) is 0 Å². The Kier molecular flexibility index (Phi) is 4.20. The van der Waals surface area contributed by atoms with Crippen molar-refractivity contribution in [2.45, 2.75) is 52.2 Å². The van der Waals surface area contributed by atoms with Gasteiger partial charge in [-0.25, -0.2) is 0 Å². The first-order chi connectivity index (χ1) is 6.13. The van der Waals surface area contributed by atoms with Crippen LogP contribution in [0.15, 0.2) is 0 Å². The van der Waals surface area contributed by atoms with Crippen LogP contribution in [0, 0.1) is 5.92 Å². The SMILES string of the molecule is CC[C@@H](O)CN1CC[C@H](C)C[C@@H]1C. The third-order valence-electron chi connectivity index (χ3n) is 3.19. The summed E-state index contributed by atoms with van der Waals surface area (Å²) in [5.74, 6) is 0.866. The number of piperidine rings is 1. The molecule has 3 atom stereocenters. The number of hydrogen-bond acceptors (Lipinski definition) is 2. The predicted octanol–water partition coefficient (Wildman–Crippen LogP) is 1.88. The number of nitrogens with zero attached hydrogens (tertiary/aromatic N) is 1. The summed E-state index contributed by atoms with van der Waals surface area (Å²) in [6.07, 6.45) is 3.33. The van der Waals surface area contributed by atoms with Crippen molar-refractivity contribution in [3.63, 3.8) is 0 Å². The van der Waals surface area contributed by atoms with E-state index in [0.29, 0.717) is 6.04 Å². The molecule has 0 radical (unpaired) electrons. The molecule has 2 heteroatoms. The maximum absolute atomic E-state index is 9.55. The van der Waals surface area contributed by atoms with Crippen LogP contribution in [0.4, 0.5) is 0 Å². The Bertz CT molecular complexity index is 149. The van der Waals surface area contributed by atoms with E-state index in [1.807, 2.05) is 6.92 Å². The number of rotatable bonds is 3. The van der Waals surface area contributed by atoms with Gasteiger partial charge in [-0.3, -0.25) is 4.90 Å². The van der Waals surface area contributed by atoms with E-state index in [0.717, 1.165) is 18.9 Å². The summed E-state index contributed by atoms with van der Waals surface area (Å²) in [4.78, 5) is 2.42. The summed E-state index contributed by atoms with van der Waals surface area (Å²) < 4.78 is 0. The van der Waals surface area contributed by atoms with Gasteiger partial charge >= 0.3 is 0 Å². The quantitative estimate of drug-likeness (QED) is 0.725. The summed E-state index contributed by atoms with van der Waals surface area (Å²) in [6.45, 7) is 8.67. The van der Waals surface area contributed by atoms with E-state index in [1.54, 1.807) is 0 Å². The van der Waals surface area contributed by atoms with Gasteiger partial charge in [0.15, 0.2) is 0 Å². The second-order valence-corrected chi connectivity index (χ2v) is 4.54. The van der Waals surface area contributed by atoms with Gasteiger partial charge in [0.05, 0.1) is 6.10 Å². The number of aliphatic hydroxyl groups excluding tert-OH is 1. The maximum Gasteiger partial charge on any atom is 0.0664 e. The lowest BCUT2D eigenvalue weighted by Crippen LogP contribution is -2.44. The highest BCUT2D eigenvalue weighted by Gasteiger charge is 2.23. The molecule has 0 aromatic heterocycles. The predicted molar refractivity (Wildman–Crippen MR) is 55.7 cm³/mol. The van der Waals surface area contributed by atoms with Gasteiger partial charge in [0, 0.05) is 12.6 Å². The van der Waals surface area contributed by atoms with Crippen LogP contribution in [0.5, 0.6) is 0 Å². The Morgan fingerprint density at radius 2 is 2.15 bits per heavy atom. The molecule has 1 aliphatic heterocycles. The highest BCUT2D eigenvalue weighted by atomic mass is 16.3. The van der Waals surface area contributed by atoms with Crippen molar-refractivity contribution in [3.05, 3.63) is 0 Å². The zero-order valence-electron chi connectivity index (χ0n) is 9.16. The van der Waals surface area contributed by atoms with Gasteiger partial charge in [-0.05, 0) is 38.6 Å². The third-order valence-corrected chi connectivity index (χ3v) is 3.19. The lowest BCUT2D eigenvalue weighted by atomic mass is 9.93. The maximum atomic E-state index is 9.55. The Labute approximate surface area is 81.9 Å². The highest BCUT2D eigenvalue weighted by molar-refractivity contribution is 4.78. The standard InChI is InChI=1S/C11H23NO/c1-4-11(13)8-12-6-5-9(2)7-10(12)3/h9-11,13H,4-8H2,1-3H3/t9-,10-,11+/m0/s1. The molecule has 0 aromatic carbocycles. The second kappa shape index (κ2) is 4.97. The van der Waals surface area contributed by atoms with E-state index >= 15 is 0 Å². The monoisotopic (exact) mass is 185 g/mol. The number of β-amino-alcohol motifs (C(OH)–C–C–N with tert-alkyl or cyclic N) is 1. The van der Waals surface area contributed by atoms with E-state index in [4.69, 9.17) is 0 Å². The number of aliphatic hydroxyl groups is 1. The van der Waals surface area contributed by atoms with Crippen molar-refractivity contribution in [2.75, 3.05) is 13.1 Å². The normalized spacial score (nSPS) is 33.2. The van der Waals surface area contributed by atoms with Crippen molar-refractivity contribution in [2.24, 2.45) is 5.92 Å². The summed E-state index contributed by atoms with van der Waals surface area (Å²) in [5, 5.41) is 9.55. The third kappa shape index (κ3) is 3.28. The zero-order valence-corrected chi connectivity index (χ0v) is 9.16. The van der Waals surface area contributed by atoms with Crippen LogP contribution in [-0.4, -0.2) is 35.2 Å². The fourth-order valence-electron chi connectivity index (χ4n) is 2.13. The fourth-order valence-corrected chi connectivity index (χ4v) is 2.13. The molecule has 1 N–H and O–H groups in total. The van der Waals surface area contributed by atoms with Gasteiger partial charge in [0.25, 0.3) is 0 Å². The number of likely N-dealkylation sites (tertiary alicyclic amines) is 1. The Hall–Kier alpha value is -0.0800. The Morgan fingerprint density at radius 1 is 1.46 bits per heavy atom. The van der Waals surface area contributed by atoms with Crippen molar-refractivity contribution >= 4 is 0 Å². The molecule has 0 amide bonds. The molecule has 1 fully saturated rings. The Morgan fingerprint density at radius 3 is 2.69 bits per heavy atom. The van der Waals surface area contributed by atoms with E-state index in [2.05, 4.69) is 18.7 Å². The lowest BCUT2D eigenvalue weighted by molar-refractivity contribution is 0.0588. The topological polar surface area (TPSA) is 23.5 Å². The summed E-state index contributed by atoms with van der Waals surface area (Å²) in [5.41, 5.74) is 0. The molecule has 0 saturated carbocycles. The minimum absolute atomic E-state index is 0.129. The Balaban J connectivity index is 2.33. The van der Waals surface area contributed by atoms with Crippen LogP contribution in [0.25, 0.3) is 0 Å². The summed E-state index contributed by atoms with van der Waals surface area (Å²) in [6, 6.07) is 0.657. The zero-order chi connectivity index (χ0) is 9.84. The summed E-state index contributed by atoms with van der Waals surface area (Å²) in [7, 11) is 0. The highest BCUT2D eigenvalue weighted by Crippen LogP contribution is 2.22. The average Bonchev–Trinajstić information content (AvgIpc) is 2.09. The number of hydrogen-bond donors (Lipinski definition) is 1. The molecule has 0 bridgehead atoms. The fraction of sp³-hybridized carbons (Fsp3) is 1.00. The van der Waals surface area contributed by atoms with Gasteiger partial charge in [0.2, 0.25) is 0 Å². The minimum Gasteiger partial charge on any atom is -0.392 e. The van der Waals surface area contributed by atoms with E-state index < -0.39 is 0 Å². The molecular weight excluding hydrogens is 162 g/mol. The second-order valence-electron chi connectivity index (χ2n) is 4.54. The van der Waals surface area contributed by atoms with Crippen LogP contribution in [-0.2, 0) is 0 Å². The molecule has 1 rings (SSSR count). The smallest absolute Gasteiger partial charge is 0.0664 e. The average molecular weight is 185 g/mol. The molecule has 1 heterocycles. The van der Waals surface area contributed by atoms with Gasteiger partial charge < -0.3 is 5.11 Å². The van der Waals surface area contributed by atoms with Gasteiger partial charge in [0.1, 0.15) is 0 Å². The molecular formula is C11H23NO. The van der Waals surface area contributed by atoms with Crippen LogP contribution in [0.1, 0.15) is 40.0 Å². The molecule has 0 aromatic rings. The van der Waals surface area contributed by atoms with Crippen LogP contribution in [0.2, 0.25) is 0 Å². The molecule has 1 saturated heterocycles. The van der Waals surface area contributed by atoms with Gasteiger partial charge in [-0.15, -0.1) is 0 Å². The summed E-state index contributed by atoms with van der Waals surface area (Å²) >= 11 is 0. The van der Waals surface area contributed by atoms with Gasteiger partial charge in [-0.2, -0.15) is 0 Å². The largest absolute Gasteiger partial charge is 0.392 e. The molecule has 13 heavy (non-hydrogen) atoms. The van der Waals surface area contributed by atoms with E-state index in [1.165, 1.54) is 19.4 Å².